The molecule has 0 aliphatic carbocycles. The number of amides is 2. The first-order chi connectivity index (χ1) is 16.4. The molecule has 0 aromatic heterocycles. The van der Waals surface area contributed by atoms with E-state index in [0.717, 1.165) is 27.0 Å². The van der Waals surface area contributed by atoms with Gasteiger partial charge in [0.15, 0.2) is 0 Å². The van der Waals surface area contributed by atoms with Gasteiger partial charge in [0.25, 0.3) is 0 Å². The summed E-state index contributed by atoms with van der Waals surface area (Å²) < 4.78 is 40.7. The second kappa shape index (κ2) is 13.0. The number of carbonyl (C=O) groups excluding carboxylic acids is 2. The Bertz CT molecular complexity index is 1110. The van der Waals surface area contributed by atoms with E-state index in [1.54, 1.807) is 13.0 Å². The van der Waals surface area contributed by atoms with Crippen molar-refractivity contribution in [1.29, 1.82) is 0 Å². The lowest BCUT2D eigenvalue weighted by Gasteiger charge is -2.30. The normalized spacial score (nSPS) is 13.1. The minimum Gasteiger partial charge on any atom is -0.352 e. The van der Waals surface area contributed by atoms with Crippen LogP contribution >= 0.6 is 15.9 Å². The van der Waals surface area contributed by atoms with Gasteiger partial charge >= 0.3 is 0 Å². The zero-order valence-corrected chi connectivity index (χ0v) is 22.9. The van der Waals surface area contributed by atoms with Gasteiger partial charge in [-0.15, -0.1) is 0 Å². The average Bonchev–Trinajstić information content (AvgIpc) is 2.80. The molecule has 2 aromatic rings. The molecule has 0 saturated carbocycles. The molecule has 0 aliphatic heterocycles. The molecule has 0 saturated heterocycles. The highest BCUT2D eigenvalue weighted by molar-refractivity contribution is 9.10. The number of benzene rings is 2. The van der Waals surface area contributed by atoms with Crippen LogP contribution in [-0.2, 0) is 26.2 Å². The van der Waals surface area contributed by atoms with Crippen molar-refractivity contribution >= 4 is 43.5 Å². The van der Waals surface area contributed by atoms with Crippen LogP contribution < -0.4 is 9.62 Å². The van der Waals surface area contributed by atoms with Crippen LogP contribution in [0.25, 0.3) is 0 Å². The molecular formula is C25H33BrFN3O4S. The van der Waals surface area contributed by atoms with Crippen molar-refractivity contribution in [3.63, 3.8) is 0 Å². The molecule has 0 spiro atoms. The molecule has 10 heteroatoms. The van der Waals surface area contributed by atoms with Crippen LogP contribution in [-0.4, -0.2) is 50.0 Å². The Balaban J connectivity index is 2.17. The van der Waals surface area contributed by atoms with Crippen LogP contribution in [0.3, 0.4) is 0 Å². The maximum absolute atomic E-state index is 14.3. The summed E-state index contributed by atoms with van der Waals surface area (Å²) in [6.07, 6.45) is 1.92. The molecule has 7 nitrogen and oxygen atoms in total. The Kier molecular flexibility index (Phi) is 10.7. The van der Waals surface area contributed by atoms with Gasteiger partial charge in [-0.25, -0.2) is 12.8 Å². The number of sulfonamides is 1. The number of anilines is 1. The predicted octanol–water partition coefficient (Wildman–Crippen LogP) is 4.47. The Morgan fingerprint density at radius 2 is 1.71 bits per heavy atom. The molecule has 2 aromatic carbocycles. The van der Waals surface area contributed by atoms with Crippen molar-refractivity contribution in [3.8, 4) is 0 Å². The van der Waals surface area contributed by atoms with E-state index in [1.807, 2.05) is 38.1 Å². The maximum Gasteiger partial charge on any atom is 0.242 e. The van der Waals surface area contributed by atoms with Crippen molar-refractivity contribution in [3.05, 3.63) is 64.4 Å². The summed E-state index contributed by atoms with van der Waals surface area (Å²) in [4.78, 5) is 27.5. The number of para-hydroxylation sites is 1. The zero-order chi connectivity index (χ0) is 26.2. The lowest BCUT2D eigenvalue weighted by atomic mass is 10.1. The summed E-state index contributed by atoms with van der Waals surface area (Å²) in [6, 6.07) is 12.3. The van der Waals surface area contributed by atoms with Crippen molar-refractivity contribution in [2.75, 3.05) is 17.1 Å². The van der Waals surface area contributed by atoms with Gasteiger partial charge in [0.1, 0.15) is 11.9 Å². The smallest absolute Gasteiger partial charge is 0.242 e. The third kappa shape index (κ3) is 8.61. The minimum absolute atomic E-state index is 0.00203. The van der Waals surface area contributed by atoms with Crippen LogP contribution in [0.4, 0.5) is 10.1 Å². The fraction of sp³-hybridized carbons (Fsp3) is 0.440. The largest absolute Gasteiger partial charge is 0.352 e. The highest BCUT2D eigenvalue weighted by Crippen LogP contribution is 2.22. The number of hydrogen-bond acceptors (Lipinski definition) is 4. The first-order valence-electron chi connectivity index (χ1n) is 11.5. The summed E-state index contributed by atoms with van der Waals surface area (Å²) in [7, 11) is -3.76. The van der Waals surface area contributed by atoms with Crippen molar-refractivity contribution in [1.82, 2.24) is 10.2 Å². The summed E-state index contributed by atoms with van der Waals surface area (Å²) in [5, 5.41) is 2.91. The standard InChI is InChI=1S/C25H33BrFN3O4S/c1-5-18(2)28-25(32)19(3)29(17-20-12-14-21(26)15-13-20)24(31)11-8-16-30(35(4,33)34)23-10-7-6-9-22(23)27/h6-7,9-10,12-15,18-19H,5,8,11,16-17H2,1-4H3,(H,28,32)/t18-,19+/m1/s1. The average molecular weight is 571 g/mol. The number of rotatable bonds is 12. The molecule has 35 heavy (non-hydrogen) atoms. The number of nitrogens with one attached hydrogen (secondary N) is 1. The van der Waals surface area contributed by atoms with Crippen LogP contribution in [0, 0.1) is 5.82 Å². The molecular weight excluding hydrogens is 537 g/mol. The van der Waals surface area contributed by atoms with Gasteiger partial charge in [0, 0.05) is 30.0 Å². The Morgan fingerprint density at radius 3 is 2.29 bits per heavy atom. The second-order valence-electron chi connectivity index (χ2n) is 8.53. The molecule has 2 rings (SSSR count). The second-order valence-corrected chi connectivity index (χ2v) is 11.4. The van der Waals surface area contributed by atoms with Crippen LogP contribution in [0.5, 0.6) is 0 Å². The van der Waals surface area contributed by atoms with E-state index in [0.29, 0.717) is 0 Å². The summed E-state index contributed by atoms with van der Waals surface area (Å²) in [5.74, 6) is -1.20. The third-order valence-electron chi connectivity index (χ3n) is 5.71. The molecule has 0 bridgehead atoms. The number of hydrogen-bond donors (Lipinski definition) is 1. The first-order valence-corrected chi connectivity index (χ1v) is 14.1. The summed E-state index contributed by atoms with van der Waals surface area (Å²) in [5.41, 5.74) is 0.796. The number of carbonyl (C=O) groups is 2. The molecule has 2 atom stereocenters. The fourth-order valence-electron chi connectivity index (χ4n) is 3.47. The van der Waals surface area contributed by atoms with Gasteiger partial charge in [-0.1, -0.05) is 47.1 Å². The van der Waals surface area contributed by atoms with Gasteiger partial charge in [-0.05, 0) is 56.5 Å². The predicted molar refractivity (Wildman–Crippen MR) is 140 cm³/mol. The molecule has 0 heterocycles. The third-order valence-corrected chi connectivity index (χ3v) is 7.42. The lowest BCUT2D eigenvalue weighted by Crippen LogP contribution is -2.49. The molecule has 0 fully saturated rings. The Morgan fingerprint density at radius 1 is 1.09 bits per heavy atom. The molecule has 0 aliphatic rings. The summed E-state index contributed by atoms with van der Waals surface area (Å²) in [6.45, 7) is 5.70. The fourth-order valence-corrected chi connectivity index (χ4v) is 4.70. The van der Waals surface area contributed by atoms with Gasteiger partial charge in [-0.3, -0.25) is 13.9 Å². The van der Waals surface area contributed by atoms with Gasteiger partial charge in [0.05, 0.1) is 11.9 Å². The lowest BCUT2D eigenvalue weighted by molar-refractivity contribution is -0.140. The number of nitrogens with zero attached hydrogens (tertiary/aromatic N) is 2. The van der Waals surface area contributed by atoms with Gasteiger partial charge in [-0.2, -0.15) is 0 Å². The van der Waals surface area contributed by atoms with Gasteiger partial charge in [0.2, 0.25) is 21.8 Å². The van der Waals surface area contributed by atoms with E-state index in [2.05, 4.69) is 21.2 Å². The quantitative estimate of drug-likeness (QED) is 0.408. The molecule has 2 amide bonds. The number of halogens is 2. The van der Waals surface area contributed by atoms with E-state index >= 15 is 0 Å². The zero-order valence-electron chi connectivity index (χ0n) is 20.5. The van der Waals surface area contributed by atoms with Crippen molar-refractivity contribution < 1.29 is 22.4 Å². The van der Waals surface area contributed by atoms with Crippen LogP contribution in [0.2, 0.25) is 0 Å². The van der Waals surface area contributed by atoms with E-state index in [4.69, 9.17) is 0 Å². The van der Waals surface area contributed by atoms with Gasteiger partial charge < -0.3 is 10.2 Å². The van der Waals surface area contributed by atoms with E-state index in [1.165, 1.54) is 23.1 Å². The first kappa shape index (κ1) is 28.8. The molecule has 192 valence electrons. The SMILES string of the molecule is CC[C@@H](C)NC(=O)[C@H](C)N(Cc1ccc(Br)cc1)C(=O)CCCN(c1ccccc1F)S(C)(=O)=O. The van der Waals surface area contributed by atoms with Crippen LogP contribution in [0.15, 0.2) is 53.0 Å². The van der Waals surface area contributed by atoms with E-state index in [9.17, 15) is 22.4 Å². The van der Waals surface area contributed by atoms with E-state index < -0.39 is 21.9 Å². The maximum atomic E-state index is 14.3. The van der Waals surface area contributed by atoms with Crippen molar-refractivity contribution in [2.24, 2.45) is 0 Å². The monoisotopic (exact) mass is 569 g/mol. The highest BCUT2D eigenvalue weighted by Gasteiger charge is 2.27. The van der Waals surface area contributed by atoms with Crippen LogP contribution in [0.1, 0.15) is 45.6 Å². The minimum atomic E-state index is -3.76. The Labute approximate surface area is 215 Å². The van der Waals surface area contributed by atoms with Crippen molar-refractivity contribution in [2.45, 2.75) is 58.7 Å². The Hall–Kier alpha value is -2.46. The molecule has 0 radical (unpaired) electrons. The highest BCUT2D eigenvalue weighted by atomic mass is 79.9. The molecule has 1 N–H and O–H groups in total. The topological polar surface area (TPSA) is 86.8 Å². The molecule has 0 unspecified atom stereocenters. The summed E-state index contributed by atoms with van der Waals surface area (Å²) >= 11 is 3.39. The van der Waals surface area contributed by atoms with E-state index in [-0.39, 0.29) is 49.5 Å².